The number of para-hydroxylation sites is 1. The normalized spacial score (nSPS) is 19.0. The second kappa shape index (κ2) is 7.91. The lowest BCUT2D eigenvalue weighted by Crippen LogP contribution is -2.40. The third-order valence-corrected chi connectivity index (χ3v) is 5.42. The third-order valence-electron chi connectivity index (χ3n) is 5.42. The molecule has 4 rings (SSSR count). The lowest BCUT2D eigenvalue weighted by atomic mass is 9.96. The quantitative estimate of drug-likeness (QED) is 0.589. The molecule has 1 aliphatic rings. The molecule has 0 saturated heterocycles. The van der Waals surface area contributed by atoms with Crippen LogP contribution in [0.15, 0.2) is 78.9 Å². The zero-order valence-corrected chi connectivity index (χ0v) is 16.3. The minimum atomic E-state index is -0.0899. The van der Waals surface area contributed by atoms with E-state index in [1.165, 1.54) is 16.7 Å². The first-order valence-corrected chi connectivity index (χ1v) is 9.83. The summed E-state index contributed by atoms with van der Waals surface area (Å²) in [5.41, 5.74) is 6.86. The molecule has 142 valence electrons. The molecule has 3 aromatic rings. The molecule has 1 heterocycles. The molecule has 3 heteroatoms. The molecule has 2 unspecified atom stereocenters. The number of hydrogen-bond acceptors (Lipinski definition) is 3. The first kappa shape index (κ1) is 18.3. The molecule has 3 nitrogen and oxygen atoms in total. The smallest absolute Gasteiger partial charge is 0.120 e. The summed E-state index contributed by atoms with van der Waals surface area (Å²) in [5, 5.41) is 17.7. The molecule has 0 spiro atoms. The van der Waals surface area contributed by atoms with Crippen LogP contribution in [0.1, 0.15) is 46.9 Å². The van der Waals surface area contributed by atoms with Crippen molar-refractivity contribution in [1.29, 1.82) is 0 Å². The van der Waals surface area contributed by atoms with Crippen LogP contribution in [0.4, 0.5) is 0 Å². The number of phenolic OH excluding ortho intramolecular Hbond substituents is 1. The van der Waals surface area contributed by atoms with Crippen LogP contribution >= 0.6 is 0 Å². The summed E-state index contributed by atoms with van der Waals surface area (Å²) in [6, 6.07) is 24.5. The summed E-state index contributed by atoms with van der Waals surface area (Å²) in [6.07, 6.45) is 3.14. The topological polar surface area (TPSA) is 44.3 Å². The average Bonchev–Trinajstić information content (AvgIpc) is 2.74. The number of nitrogens with one attached hydrogen (secondary N) is 2. The van der Waals surface area contributed by atoms with Crippen LogP contribution in [-0.4, -0.2) is 5.11 Å². The van der Waals surface area contributed by atoms with Gasteiger partial charge in [-0.25, -0.2) is 0 Å². The van der Waals surface area contributed by atoms with Gasteiger partial charge in [0.25, 0.3) is 0 Å². The first-order chi connectivity index (χ1) is 13.7. The van der Waals surface area contributed by atoms with Crippen molar-refractivity contribution >= 4 is 5.70 Å². The highest BCUT2D eigenvalue weighted by Crippen LogP contribution is 2.33. The minimum absolute atomic E-state index is 0.0448. The van der Waals surface area contributed by atoms with Crippen LogP contribution in [0.5, 0.6) is 5.75 Å². The van der Waals surface area contributed by atoms with Gasteiger partial charge in [0.15, 0.2) is 0 Å². The number of aryl methyl sites for hydroxylation is 2. The van der Waals surface area contributed by atoms with Crippen molar-refractivity contribution in [2.45, 2.75) is 32.5 Å². The molecule has 28 heavy (non-hydrogen) atoms. The maximum atomic E-state index is 10.4. The van der Waals surface area contributed by atoms with E-state index in [-0.39, 0.29) is 12.2 Å². The van der Waals surface area contributed by atoms with E-state index < -0.39 is 0 Å². The maximum Gasteiger partial charge on any atom is 0.120 e. The summed E-state index contributed by atoms with van der Waals surface area (Å²) >= 11 is 0. The number of aromatic hydroxyl groups is 1. The van der Waals surface area contributed by atoms with Crippen molar-refractivity contribution in [3.05, 3.63) is 107 Å². The molecule has 0 aliphatic carbocycles. The molecular formula is C25H26N2O. The zero-order valence-electron chi connectivity index (χ0n) is 16.3. The third kappa shape index (κ3) is 3.67. The second-order valence-corrected chi connectivity index (χ2v) is 7.27. The van der Waals surface area contributed by atoms with Crippen molar-refractivity contribution in [1.82, 2.24) is 10.6 Å². The molecule has 0 saturated carbocycles. The summed E-state index contributed by atoms with van der Waals surface area (Å²) < 4.78 is 0. The predicted octanol–water partition coefficient (Wildman–Crippen LogP) is 5.24. The van der Waals surface area contributed by atoms with Gasteiger partial charge in [-0.05, 0) is 47.7 Å². The highest BCUT2D eigenvalue weighted by molar-refractivity contribution is 5.67. The first-order valence-electron chi connectivity index (χ1n) is 9.83. The van der Waals surface area contributed by atoms with Crippen molar-refractivity contribution in [2.75, 3.05) is 0 Å². The summed E-state index contributed by atoms with van der Waals surface area (Å²) in [4.78, 5) is 0. The molecule has 0 radical (unpaired) electrons. The van der Waals surface area contributed by atoms with E-state index in [9.17, 15) is 5.11 Å². The number of phenols is 1. The Balaban J connectivity index is 1.76. The molecular weight excluding hydrogens is 344 g/mol. The van der Waals surface area contributed by atoms with Gasteiger partial charge in [-0.2, -0.15) is 0 Å². The van der Waals surface area contributed by atoms with Gasteiger partial charge in [-0.1, -0.05) is 73.7 Å². The Labute approximate surface area is 166 Å². The van der Waals surface area contributed by atoms with Gasteiger partial charge >= 0.3 is 0 Å². The molecule has 0 bridgehead atoms. The van der Waals surface area contributed by atoms with E-state index in [4.69, 9.17) is 0 Å². The highest BCUT2D eigenvalue weighted by Gasteiger charge is 2.26. The van der Waals surface area contributed by atoms with Gasteiger partial charge in [0.1, 0.15) is 11.9 Å². The highest BCUT2D eigenvalue weighted by atomic mass is 16.3. The lowest BCUT2D eigenvalue weighted by Gasteiger charge is -2.34. The Morgan fingerprint density at radius 2 is 1.54 bits per heavy atom. The lowest BCUT2D eigenvalue weighted by molar-refractivity contribution is 0.418. The molecule has 2 atom stereocenters. The Hall–Kier alpha value is -3.04. The monoisotopic (exact) mass is 370 g/mol. The van der Waals surface area contributed by atoms with Crippen molar-refractivity contribution < 1.29 is 5.11 Å². The van der Waals surface area contributed by atoms with Crippen molar-refractivity contribution in [3.8, 4) is 5.75 Å². The molecule has 0 fully saturated rings. The summed E-state index contributed by atoms with van der Waals surface area (Å²) in [6.45, 7) is 4.29. The van der Waals surface area contributed by atoms with Crippen LogP contribution in [-0.2, 0) is 6.42 Å². The molecule has 0 amide bonds. The van der Waals surface area contributed by atoms with E-state index in [0.29, 0.717) is 5.75 Å². The van der Waals surface area contributed by atoms with Crippen LogP contribution in [0, 0.1) is 6.92 Å². The van der Waals surface area contributed by atoms with E-state index in [1.807, 2.05) is 18.2 Å². The Morgan fingerprint density at radius 3 is 2.21 bits per heavy atom. The maximum absolute atomic E-state index is 10.4. The summed E-state index contributed by atoms with van der Waals surface area (Å²) in [5.74, 6) is 0.308. The Morgan fingerprint density at radius 1 is 0.857 bits per heavy atom. The fourth-order valence-corrected chi connectivity index (χ4v) is 3.75. The fraction of sp³-hybridized carbons (Fsp3) is 0.200. The van der Waals surface area contributed by atoms with Gasteiger partial charge in [-0.3, -0.25) is 5.32 Å². The number of rotatable bonds is 4. The van der Waals surface area contributed by atoms with Crippen molar-refractivity contribution in [2.24, 2.45) is 0 Å². The van der Waals surface area contributed by atoms with Gasteiger partial charge in [0.05, 0.1) is 6.04 Å². The predicted molar refractivity (Wildman–Crippen MR) is 115 cm³/mol. The molecule has 1 aliphatic heterocycles. The SMILES string of the molecule is CCc1ccc(C2=CC(c3ccccc3O)NC(c3ccccc3C)N2)cc1. The standard InChI is InChI=1S/C25H26N2O/c1-3-18-12-14-19(15-13-18)22-16-23(21-10-6-7-11-24(21)28)27-25(26-22)20-9-5-4-8-17(20)2/h4-16,23,25-28H,3H2,1-2H3. The van der Waals surface area contributed by atoms with Gasteiger partial charge < -0.3 is 10.4 Å². The fourth-order valence-electron chi connectivity index (χ4n) is 3.75. The second-order valence-electron chi connectivity index (χ2n) is 7.27. The molecule has 3 N–H and O–H groups in total. The Kier molecular flexibility index (Phi) is 5.18. The Bertz CT molecular complexity index is 991. The summed E-state index contributed by atoms with van der Waals surface area (Å²) in [7, 11) is 0. The molecule has 0 aromatic heterocycles. The van der Waals surface area contributed by atoms with Crippen LogP contribution in [0.3, 0.4) is 0 Å². The van der Waals surface area contributed by atoms with Crippen LogP contribution < -0.4 is 10.6 Å². The van der Waals surface area contributed by atoms with E-state index >= 15 is 0 Å². The van der Waals surface area contributed by atoms with Gasteiger partial charge in [-0.15, -0.1) is 0 Å². The number of benzene rings is 3. The minimum Gasteiger partial charge on any atom is -0.508 e. The largest absolute Gasteiger partial charge is 0.508 e. The van der Waals surface area contributed by atoms with Crippen molar-refractivity contribution in [3.63, 3.8) is 0 Å². The molecule has 3 aromatic carbocycles. The van der Waals surface area contributed by atoms with E-state index in [1.54, 1.807) is 6.07 Å². The average molecular weight is 370 g/mol. The van der Waals surface area contributed by atoms with E-state index in [0.717, 1.165) is 23.2 Å². The van der Waals surface area contributed by atoms with Crippen LogP contribution in [0.25, 0.3) is 5.70 Å². The number of hydrogen-bond donors (Lipinski definition) is 3. The van der Waals surface area contributed by atoms with Crippen LogP contribution in [0.2, 0.25) is 0 Å². The zero-order chi connectivity index (χ0) is 19.5. The van der Waals surface area contributed by atoms with E-state index in [2.05, 4.69) is 79.1 Å². The van der Waals surface area contributed by atoms with Gasteiger partial charge in [0.2, 0.25) is 0 Å². The van der Waals surface area contributed by atoms with Gasteiger partial charge in [0, 0.05) is 11.3 Å².